The number of oxime groups is 1. The van der Waals surface area contributed by atoms with Gasteiger partial charge in [-0.1, -0.05) is 68.6 Å². The quantitative estimate of drug-likeness (QED) is 0.255. The average molecular weight is 450 g/mol. The van der Waals surface area contributed by atoms with Gasteiger partial charge >= 0.3 is 0 Å². The minimum absolute atomic E-state index is 0.432. The zero-order chi connectivity index (χ0) is 18.7. The van der Waals surface area contributed by atoms with E-state index in [0.717, 1.165) is 27.0 Å². The van der Waals surface area contributed by atoms with Crippen LogP contribution in [0.1, 0.15) is 16.7 Å². The van der Waals surface area contributed by atoms with E-state index in [2.05, 4.69) is 26.4 Å². The predicted molar refractivity (Wildman–Crippen MR) is 112 cm³/mol. The number of hydrogen-bond donors (Lipinski definition) is 2. The summed E-state index contributed by atoms with van der Waals surface area (Å²) in [7, 11) is 0. The molecule has 0 aliphatic rings. The van der Waals surface area contributed by atoms with Crippen LogP contribution < -0.4 is 5.32 Å². The van der Waals surface area contributed by atoms with Crippen LogP contribution in [-0.2, 0) is 0 Å². The van der Waals surface area contributed by atoms with Gasteiger partial charge in [0.15, 0.2) is 0 Å². The molecule has 0 bridgehead atoms. The SMILES string of the molecule is Cc1ccccc1C(=NO)c1ccc(Nc2ccc(Br)cc2Cl)cc1Cl. The van der Waals surface area contributed by atoms with Crippen LogP contribution in [0.25, 0.3) is 0 Å². The van der Waals surface area contributed by atoms with E-state index in [9.17, 15) is 5.21 Å². The van der Waals surface area contributed by atoms with E-state index in [0.29, 0.717) is 21.3 Å². The molecule has 26 heavy (non-hydrogen) atoms. The van der Waals surface area contributed by atoms with Gasteiger partial charge in [0.2, 0.25) is 0 Å². The van der Waals surface area contributed by atoms with Gasteiger partial charge in [-0.2, -0.15) is 0 Å². The molecule has 0 aliphatic carbocycles. The molecule has 0 saturated heterocycles. The number of halogens is 3. The third kappa shape index (κ3) is 4.04. The molecule has 3 aromatic rings. The lowest BCUT2D eigenvalue weighted by Gasteiger charge is -2.13. The first-order chi connectivity index (χ1) is 12.5. The van der Waals surface area contributed by atoms with Gasteiger partial charge in [0, 0.05) is 21.3 Å². The van der Waals surface area contributed by atoms with E-state index in [4.69, 9.17) is 23.2 Å². The fourth-order valence-corrected chi connectivity index (χ4v) is 3.61. The Morgan fingerprint density at radius 3 is 2.38 bits per heavy atom. The molecular weight excluding hydrogens is 435 g/mol. The second kappa shape index (κ2) is 8.12. The van der Waals surface area contributed by atoms with Gasteiger partial charge in [-0.3, -0.25) is 0 Å². The van der Waals surface area contributed by atoms with Crippen molar-refractivity contribution in [3.05, 3.63) is 91.9 Å². The van der Waals surface area contributed by atoms with Crippen molar-refractivity contribution in [3.63, 3.8) is 0 Å². The van der Waals surface area contributed by atoms with Crippen LogP contribution in [0.5, 0.6) is 0 Å². The van der Waals surface area contributed by atoms with Gasteiger partial charge in [0.25, 0.3) is 0 Å². The number of anilines is 2. The molecule has 3 aromatic carbocycles. The molecule has 132 valence electrons. The Balaban J connectivity index is 1.93. The molecule has 0 saturated carbocycles. The summed E-state index contributed by atoms with van der Waals surface area (Å²) in [6.45, 7) is 1.96. The fourth-order valence-electron chi connectivity index (χ4n) is 2.62. The summed E-state index contributed by atoms with van der Waals surface area (Å²) in [4.78, 5) is 0. The molecule has 0 aromatic heterocycles. The van der Waals surface area contributed by atoms with Crippen LogP contribution in [0.4, 0.5) is 11.4 Å². The molecule has 0 radical (unpaired) electrons. The maximum Gasteiger partial charge on any atom is 0.118 e. The van der Waals surface area contributed by atoms with Crippen molar-refractivity contribution in [2.75, 3.05) is 5.32 Å². The third-order valence-electron chi connectivity index (χ3n) is 3.93. The minimum Gasteiger partial charge on any atom is -0.410 e. The van der Waals surface area contributed by atoms with Gasteiger partial charge < -0.3 is 10.5 Å². The molecular formula is C20H15BrCl2N2O. The fraction of sp³-hybridized carbons (Fsp3) is 0.0500. The average Bonchev–Trinajstić information content (AvgIpc) is 2.61. The summed E-state index contributed by atoms with van der Waals surface area (Å²) in [5.74, 6) is 0. The van der Waals surface area contributed by atoms with Crippen molar-refractivity contribution in [2.24, 2.45) is 5.16 Å². The van der Waals surface area contributed by atoms with Gasteiger partial charge in [0.05, 0.1) is 15.7 Å². The lowest BCUT2D eigenvalue weighted by atomic mass is 9.98. The summed E-state index contributed by atoms with van der Waals surface area (Å²) in [6.07, 6.45) is 0. The number of nitrogens with one attached hydrogen (secondary N) is 1. The third-order valence-corrected chi connectivity index (χ3v) is 5.05. The Hall–Kier alpha value is -2.01. The standard InChI is InChI=1S/C20H15BrCl2N2O/c1-12-4-2-3-5-15(12)20(25-26)16-8-7-14(11-17(16)22)24-19-9-6-13(21)10-18(19)23/h2-11,24,26H,1H3. The van der Waals surface area contributed by atoms with Crippen molar-refractivity contribution < 1.29 is 5.21 Å². The van der Waals surface area contributed by atoms with Crippen molar-refractivity contribution in [1.29, 1.82) is 0 Å². The number of benzene rings is 3. The number of aryl methyl sites for hydroxylation is 1. The summed E-state index contributed by atoms with van der Waals surface area (Å²) in [5.41, 5.74) is 4.46. The lowest BCUT2D eigenvalue weighted by molar-refractivity contribution is 0.319. The summed E-state index contributed by atoms with van der Waals surface area (Å²) < 4.78 is 0.906. The first-order valence-corrected chi connectivity index (χ1v) is 9.34. The van der Waals surface area contributed by atoms with Crippen molar-refractivity contribution in [2.45, 2.75) is 6.92 Å². The Labute approximate surface area is 170 Å². The van der Waals surface area contributed by atoms with Crippen LogP contribution in [0, 0.1) is 6.92 Å². The van der Waals surface area contributed by atoms with Crippen LogP contribution >= 0.6 is 39.1 Å². The second-order valence-corrected chi connectivity index (χ2v) is 7.44. The largest absolute Gasteiger partial charge is 0.410 e. The van der Waals surface area contributed by atoms with Crippen molar-refractivity contribution in [3.8, 4) is 0 Å². The summed E-state index contributed by atoms with van der Waals surface area (Å²) in [6, 6.07) is 18.7. The molecule has 0 aliphatic heterocycles. The van der Waals surface area contributed by atoms with Crippen LogP contribution in [0.2, 0.25) is 10.0 Å². The topological polar surface area (TPSA) is 44.6 Å². The van der Waals surface area contributed by atoms with E-state index in [-0.39, 0.29) is 0 Å². The summed E-state index contributed by atoms with van der Waals surface area (Å²) in [5, 5.41) is 17.3. The maximum atomic E-state index is 9.54. The molecule has 3 nitrogen and oxygen atoms in total. The maximum absolute atomic E-state index is 9.54. The lowest BCUT2D eigenvalue weighted by Crippen LogP contribution is -2.06. The van der Waals surface area contributed by atoms with Gasteiger partial charge in [-0.25, -0.2) is 0 Å². The molecule has 2 N–H and O–H groups in total. The molecule has 0 heterocycles. The first-order valence-electron chi connectivity index (χ1n) is 7.79. The highest BCUT2D eigenvalue weighted by atomic mass is 79.9. The molecule has 3 rings (SSSR count). The van der Waals surface area contributed by atoms with Crippen molar-refractivity contribution in [1.82, 2.24) is 0 Å². The van der Waals surface area contributed by atoms with E-state index in [1.165, 1.54) is 0 Å². The number of rotatable bonds is 4. The van der Waals surface area contributed by atoms with E-state index >= 15 is 0 Å². The highest BCUT2D eigenvalue weighted by Gasteiger charge is 2.14. The normalized spacial score (nSPS) is 11.5. The van der Waals surface area contributed by atoms with Crippen molar-refractivity contribution >= 4 is 56.2 Å². The Morgan fingerprint density at radius 1 is 0.962 bits per heavy atom. The van der Waals surface area contributed by atoms with E-state index < -0.39 is 0 Å². The minimum atomic E-state index is 0.432. The molecule has 0 amide bonds. The van der Waals surface area contributed by atoms with Crippen LogP contribution in [0.15, 0.2) is 70.3 Å². The highest BCUT2D eigenvalue weighted by Crippen LogP contribution is 2.31. The second-order valence-electron chi connectivity index (χ2n) is 5.71. The van der Waals surface area contributed by atoms with Crippen LogP contribution in [0.3, 0.4) is 0 Å². The van der Waals surface area contributed by atoms with Gasteiger partial charge in [-0.05, 0) is 48.9 Å². The van der Waals surface area contributed by atoms with Crippen LogP contribution in [-0.4, -0.2) is 10.9 Å². The Bertz CT molecular complexity index is 989. The Kier molecular flexibility index (Phi) is 5.87. The number of hydrogen-bond acceptors (Lipinski definition) is 3. The molecule has 0 fully saturated rings. The monoisotopic (exact) mass is 448 g/mol. The van der Waals surface area contributed by atoms with Gasteiger partial charge in [0.1, 0.15) is 5.71 Å². The number of nitrogens with zero attached hydrogens (tertiary/aromatic N) is 1. The first kappa shape index (κ1) is 18.8. The zero-order valence-corrected chi connectivity index (χ0v) is 16.9. The molecule has 0 unspecified atom stereocenters. The van der Waals surface area contributed by atoms with E-state index in [1.807, 2.05) is 61.5 Å². The van der Waals surface area contributed by atoms with Gasteiger partial charge in [-0.15, -0.1) is 0 Å². The molecule has 0 spiro atoms. The summed E-state index contributed by atoms with van der Waals surface area (Å²) >= 11 is 16.1. The Morgan fingerprint density at radius 2 is 1.73 bits per heavy atom. The molecule has 0 atom stereocenters. The smallest absolute Gasteiger partial charge is 0.118 e. The van der Waals surface area contributed by atoms with E-state index in [1.54, 1.807) is 6.07 Å². The predicted octanol–water partition coefficient (Wildman–Crippen LogP) is 7.03. The molecule has 6 heteroatoms. The zero-order valence-electron chi connectivity index (χ0n) is 13.8. The highest BCUT2D eigenvalue weighted by molar-refractivity contribution is 9.10.